The quantitative estimate of drug-likeness (QED) is 0.791. The molecule has 0 radical (unpaired) electrons. The van der Waals surface area contributed by atoms with E-state index < -0.39 is 10.0 Å². The number of aryl methyl sites for hydroxylation is 1. The summed E-state index contributed by atoms with van der Waals surface area (Å²) < 4.78 is 25.1. The number of sulfonamides is 1. The van der Waals surface area contributed by atoms with Gasteiger partial charge in [-0.3, -0.25) is 4.98 Å². The third-order valence-corrected chi connectivity index (χ3v) is 4.18. The summed E-state index contributed by atoms with van der Waals surface area (Å²) in [5.41, 5.74) is 6.36. The van der Waals surface area contributed by atoms with Crippen LogP contribution in [0.2, 0.25) is 0 Å². The van der Waals surface area contributed by atoms with E-state index >= 15 is 0 Å². The molecule has 0 fully saturated rings. The first-order valence-corrected chi connectivity index (χ1v) is 7.12. The smallest absolute Gasteiger partial charge is 0.214 e. The number of likely N-dealkylation sites (N-methyl/N-ethyl adjacent to an activating group) is 1. The number of pyridine rings is 1. The molecule has 17 heavy (non-hydrogen) atoms. The molecule has 5 nitrogen and oxygen atoms in total. The van der Waals surface area contributed by atoms with Gasteiger partial charge in [0, 0.05) is 37.9 Å². The Morgan fingerprint density at radius 1 is 1.47 bits per heavy atom. The average molecular weight is 257 g/mol. The van der Waals surface area contributed by atoms with E-state index in [2.05, 4.69) is 4.98 Å². The monoisotopic (exact) mass is 257 g/mol. The van der Waals surface area contributed by atoms with Crippen molar-refractivity contribution in [2.75, 3.05) is 19.3 Å². The second-order valence-corrected chi connectivity index (χ2v) is 6.34. The van der Waals surface area contributed by atoms with Gasteiger partial charge in [-0.25, -0.2) is 12.7 Å². The number of rotatable bonds is 6. The van der Waals surface area contributed by atoms with Gasteiger partial charge in [-0.15, -0.1) is 0 Å². The largest absolute Gasteiger partial charge is 0.327 e. The van der Waals surface area contributed by atoms with Crippen molar-refractivity contribution in [3.05, 3.63) is 30.1 Å². The van der Waals surface area contributed by atoms with Crippen LogP contribution in [-0.2, 0) is 16.4 Å². The maximum Gasteiger partial charge on any atom is 0.214 e. The van der Waals surface area contributed by atoms with E-state index in [1.165, 1.54) is 4.31 Å². The minimum atomic E-state index is -3.24. The topological polar surface area (TPSA) is 76.3 Å². The highest BCUT2D eigenvalue weighted by Gasteiger charge is 2.18. The number of nitrogens with two attached hydrogens (primary N) is 1. The molecule has 1 aromatic heterocycles. The highest BCUT2D eigenvalue weighted by Crippen LogP contribution is 2.03. The van der Waals surface area contributed by atoms with Crippen LogP contribution in [0.25, 0.3) is 0 Å². The van der Waals surface area contributed by atoms with E-state index in [9.17, 15) is 8.42 Å². The lowest BCUT2D eigenvalue weighted by atomic mass is 10.3. The number of hydrogen-bond donors (Lipinski definition) is 1. The fourth-order valence-corrected chi connectivity index (χ4v) is 2.70. The first-order valence-electron chi connectivity index (χ1n) is 5.51. The van der Waals surface area contributed by atoms with Crippen molar-refractivity contribution in [1.29, 1.82) is 0 Å². The molecule has 0 saturated heterocycles. The Balaban J connectivity index is 2.56. The molecule has 0 saturated carbocycles. The van der Waals surface area contributed by atoms with Gasteiger partial charge in [-0.2, -0.15) is 0 Å². The van der Waals surface area contributed by atoms with Crippen molar-refractivity contribution in [3.8, 4) is 0 Å². The van der Waals surface area contributed by atoms with Crippen molar-refractivity contribution in [1.82, 2.24) is 9.29 Å². The standard InChI is InChI=1S/C11H19N3O2S/c1-10(12)9-14(2)17(15,16)8-6-11-5-3-4-7-13-11/h3-5,7,10H,6,8-9,12H2,1-2H3. The van der Waals surface area contributed by atoms with E-state index in [4.69, 9.17) is 5.73 Å². The van der Waals surface area contributed by atoms with Crippen LogP contribution in [0, 0.1) is 0 Å². The highest BCUT2D eigenvalue weighted by molar-refractivity contribution is 7.89. The van der Waals surface area contributed by atoms with Crippen molar-refractivity contribution < 1.29 is 8.42 Å². The third-order valence-electron chi connectivity index (χ3n) is 2.36. The van der Waals surface area contributed by atoms with Gasteiger partial charge in [0.25, 0.3) is 0 Å². The molecule has 0 aliphatic carbocycles. The predicted octanol–water partition coefficient (Wildman–Crippen LogP) is 0.233. The number of aromatic nitrogens is 1. The highest BCUT2D eigenvalue weighted by atomic mass is 32.2. The lowest BCUT2D eigenvalue weighted by molar-refractivity contribution is 0.445. The molecule has 0 spiro atoms. The van der Waals surface area contributed by atoms with Gasteiger partial charge in [0.15, 0.2) is 0 Å². The van der Waals surface area contributed by atoms with Gasteiger partial charge < -0.3 is 5.73 Å². The van der Waals surface area contributed by atoms with Gasteiger partial charge in [0.2, 0.25) is 10.0 Å². The summed E-state index contributed by atoms with van der Waals surface area (Å²) in [5, 5.41) is 0. The summed E-state index contributed by atoms with van der Waals surface area (Å²) >= 11 is 0. The molecule has 2 N–H and O–H groups in total. The average Bonchev–Trinajstić information content (AvgIpc) is 2.27. The second kappa shape index (κ2) is 6.09. The zero-order valence-corrected chi connectivity index (χ0v) is 11.0. The van der Waals surface area contributed by atoms with E-state index in [0.717, 1.165) is 5.69 Å². The van der Waals surface area contributed by atoms with Gasteiger partial charge in [-0.1, -0.05) is 6.07 Å². The van der Waals surface area contributed by atoms with Crippen molar-refractivity contribution in [2.24, 2.45) is 5.73 Å². The summed E-state index contributed by atoms with van der Waals surface area (Å²) in [6.07, 6.45) is 2.08. The lowest BCUT2D eigenvalue weighted by Gasteiger charge is -2.18. The summed E-state index contributed by atoms with van der Waals surface area (Å²) in [4.78, 5) is 4.09. The van der Waals surface area contributed by atoms with E-state index in [1.54, 1.807) is 26.2 Å². The van der Waals surface area contributed by atoms with Crippen molar-refractivity contribution >= 4 is 10.0 Å². The van der Waals surface area contributed by atoms with Crippen LogP contribution in [-0.4, -0.2) is 43.1 Å². The van der Waals surface area contributed by atoms with Gasteiger partial charge >= 0.3 is 0 Å². The number of hydrogen-bond acceptors (Lipinski definition) is 4. The third kappa shape index (κ3) is 4.80. The van der Waals surface area contributed by atoms with E-state index in [0.29, 0.717) is 13.0 Å². The van der Waals surface area contributed by atoms with E-state index in [1.807, 2.05) is 12.1 Å². The zero-order chi connectivity index (χ0) is 12.9. The molecule has 0 aliphatic rings. The normalized spacial score (nSPS) is 13.9. The molecule has 0 aliphatic heterocycles. The van der Waals surface area contributed by atoms with Gasteiger partial charge in [-0.05, 0) is 19.1 Å². The molecule has 0 bridgehead atoms. The van der Waals surface area contributed by atoms with Crippen LogP contribution in [0.5, 0.6) is 0 Å². The van der Waals surface area contributed by atoms with Crippen LogP contribution < -0.4 is 5.73 Å². The lowest BCUT2D eigenvalue weighted by Crippen LogP contribution is -2.38. The molecule has 6 heteroatoms. The maximum atomic E-state index is 11.9. The summed E-state index contributed by atoms with van der Waals surface area (Å²) in [6.45, 7) is 2.12. The van der Waals surface area contributed by atoms with Crippen LogP contribution in [0.1, 0.15) is 12.6 Å². The molecule has 0 amide bonds. The van der Waals surface area contributed by atoms with Crippen LogP contribution in [0.15, 0.2) is 24.4 Å². The number of nitrogens with zero attached hydrogens (tertiary/aromatic N) is 2. The minimum absolute atomic E-state index is 0.0627. The van der Waals surface area contributed by atoms with Crippen LogP contribution in [0.4, 0.5) is 0 Å². The fourth-order valence-electron chi connectivity index (χ4n) is 1.45. The molecule has 1 aromatic rings. The molecule has 1 heterocycles. The fraction of sp³-hybridized carbons (Fsp3) is 0.545. The van der Waals surface area contributed by atoms with Crippen LogP contribution >= 0.6 is 0 Å². The van der Waals surface area contributed by atoms with Gasteiger partial charge in [0.05, 0.1) is 5.75 Å². The van der Waals surface area contributed by atoms with Crippen molar-refractivity contribution in [2.45, 2.75) is 19.4 Å². The zero-order valence-electron chi connectivity index (χ0n) is 10.2. The summed E-state index contributed by atoms with van der Waals surface area (Å²) in [7, 11) is -1.69. The predicted molar refractivity (Wildman–Crippen MR) is 68.0 cm³/mol. The molecular formula is C11H19N3O2S. The Morgan fingerprint density at radius 2 is 2.18 bits per heavy atom. The Labute approximate surface area is 103 Å². The molecule has 1 atom stereocenters. The molecule has 0 aromatic carbocycles. The minimum Gasteiger partial charge on any atom is -0.327 e. The Morgan fingerprint density at radius 3 is 2.71 bits per heavy atom. The molecule has 1 unspecified atom stereocenters. The molecule has 96 valence electrons. The van der Waals surface area contributed by atoms with Gasteiger partial charge in [0.1, 0.15) is 0 Å². The summed E-state index contributed by atoms with van der Waals surface area (Å²) in [6, 6.07) is 5.31. The molecule has 1 rings (SSSR count). The Hall–Kier alpha value is -0.980. The first kappa shape index (κ1) is 14.1. The van der Waals surface area contributed by atoms with E-state index in [-0.39, 0.29) is 11.8 Å². The maximum absolute atomic E-state index is 11.9. The Kier molecular flexibility index (Phi) is 5.04. The van der Waals surface area contributed by atoms with Crippen LogP contribution in [0.3, 0.4) is 0 Å². The first-order chi connectivity index (χ1) is 7.92. The Bertz CT molecular complexity index is 431. The van der Waals surface area contributed by atoms with Crippen molar-refractivity contribution in [3.63, 3.8) is 0 Å². The molecular weight excluding hydrogens is 238 g/mol. The second-order valence-electron chi connectivity index (χ2n) is 4.14. The summed E-state index contributed by atoms with van der Waals surface area (Å²) in [5.74, 6) is 0.0627. The SMILES string of the molecule is CC(N)CN(C)S(=O)(=O)CCc1ccccn1.